The molecule has 104 valence electrons. The molecule has 1 aliphatic rings. The van der Waals surface area contributed by atoms with Gasteiger partial charge in [0.2, 0.25) is 0 Å². The fourth-order valence-corrected chi connectivity index (χ4v) is 1.96. The molecule has 1 unspecified atom stereocenters. The number of ether oxygens (including phenoxy) is 1. The molecule has 2 rings (SSSR count). The van der Waals surface area contributed by atoms with E-state index in [2.05, 4.69) is 11.4 Å². The second-order valence-electron chi connectivity index (χ2n) is 5.93. The summed E-state index contributed by atoms with van der Waals surface area (Å²) in [5.74, 6) is 0. The zero-order valence-corrected chi connectivity index (χ0v) is 12.1. The zero-order valence-electron chi connectivity index (χ0n) is 12.1. The quantitative estimate of drug-likeness (QED) is 0.890. The van der Waals surface area contributed by atoms with E-state index in [0.717, 1.165) is 18.7 Å². The van der Waals surface area contributed by atoms with Crippen molar-refractivity contribution in [1.29, 1.82) is 0 Å². The lowest BCUT2D eigenvalue weighted by molar-refractivity contribution is 0.0589. The van der Waals surface area contributed by atoms with Gasteiger partial charge in [0, 0.05) is 18.8 Å². The molecule has 1 aromatic rings. The topological polar surface area (TPSA) is 41.6 Å². The molecule has 4 heteroatoms. The van der Waals surface area contributed by atoms with Crippen LogP contribution < -0.4 is 10.2 Å². The Morgan fingerprint density at radius 3 is 2.63 bits per heavy atom. The van der Waals surface area contributed by atoms with Crippen LogP contribution in [0.5, 0.6) is 0 Å². The van der Waals surface area contributed by atoms with Gasteiger partial charge in [0.05, 0.1) is 0 Å². The summed E-state index contributed by atoms with van der Waals surface area (Å²) in [7, 11) is 1.74. The number of amides is 1. The van der Waals surface area contributed by atoms with Gasteiger partial charge in [-0.15, -0.1) is 0 Å². The Hall–Kier alpha value is -1.55. The van der Waals surface area contributed by atoms with Crippen molar-refractivity contribution >= 4 is 11.8 Å². The molecule has 0 saturated carbocycles. The van der Waals surface area contributed by atoms with E-state index < -0.39 is 5.60 Å². The van der Waals surface area contributed by atoms with Gasteiger partial charge in [0.25, 0.3) is 0 Å². The standard InChI is InChI=1S/C15H22N2O2/c1-15(2,3)19-14(18)17(4)12-7-5-6-11(10-12)13-8-9-16-13/h5-7,10,13,16H,8-9H2,1-4H3. The first kappa shape index (κ1) is 13.9. The summed E-state index contributed by atoms with van der Waals surface area (Å²) in [5.41, 5.74) is 1.61. The Kier molecular flexibility index (Phi) is 3.80. The number of benzene rings is 1. The number of hydrogen-bond donors (Lipinski definition) is 1. The van der Waals surface area contributed by atoms with Gasteiger partial charge < -0.3 is 10.1 Å². The van der Waals surface area contributed by atoms with E-state index in [4.69, 9.17) is 4.74 Å². The number of nitrogens with one attached hydrogen (secondary N) is 1. The highest BCUT2D eigenvalue weighted by Gasteiger charge is 2.22. The summed E-state index contributed by atoms with van der Waals surface area (Å²) in [6.45, 7) is 6.67. The van der Waals surface area contributed by atoms with Crippen molar-refractivity contribution in [3.63, 3.8) is 0 Å². The van der Waals surface area contributed by atoms with E-state index in [9.17, 15) is 4.79 Å². The molecule has 1 aliphatic heterocycles. The molecule has 0 bridgehead atoms. The third kappa shape index (κ3) is 3.47. The summed E-state index contributed by atoms with van der Waals surface area (Å²) in [5, 5.41) is 3.36. The molecule has 0 radical (unpaired) electrons. The van der Waals surface area contributed by atoms with Crippen molar-refractivity contribution in [2.75, 3.05) is 18.5 Å². The summed E-state index contributed by atoms with van der Waals surface area (Å²) in [6.07, 6.45) is 0.825. The van der Waals surface area contributed by atoms with Crippen molar-refractivity contribution in [2.24, 2.45) is 0 Å². The Balaban J connectivity index is 2.10. The minimum atomic E-state index is -0.474. The van der Waals surface area contributed by atoms with Crippen LogP contribution in [0.2, 0.25) is 0 Å². The van der Waals surface area contributed by atoms with Gasteiger partial charge in [-0.05, 0) is 51.4 Å². The maximum atomic E-state index is 12.0. The van der Waals surface area contributed by atoms with Crippen LogP contribution in [-0.2, 0) is 4.74 Å². The Bertz CT molecular complexity index is 461. The molecule has 1 fully saturated rings. The largest absolute Gasteiger partial charge is 0.443 e. The molecule has 19 heavy (non-hydrogen) atoms. The smallest absolute Gasteiger partial charge is 0.414 e. The van der Waals surface area contributed by atoms with Crippen LogP contribution in [0.25, 0.3) is 0 Å². The molecule has 1 amide bonds. The Labute approximate surface area is 114 Å². The van der Waals surface area contributed by atoms with Crippen LogP contribution in [0.15, 0.2) is 24.3 Å². The SMILES string of the molecule is CN(C(=O)OC(C)(C)C)c1cccc(C2CCN2)c1. The lowest BCUT2D eigenvalue weighted by Crippen LogP contribution is -2.36. The monoisotopic (exact) mass is 262 g/mol. The molecular formula is C15H22N2O2. The number of nitrogens with zero attached hydrogens (tertiary/aromatic N) is 1. The number of rotatable bonds is 2. The minimum Gasteiger partial charge on any atom is -0.443 e. The van der Waals surface area contributed by atoms with Crippen LogP contribution in [-0.4, -0.2) is 25.3 Å². The maximum absolute atomic E-state index is 12.0. The molecule has 0 aliphatic carbocycles. The molecule has 4 nitrogen and oxygen atoms in total. The van der Waals surface area contributed by atoms with Crippen molar-refractivity contribution in [1.82, 2.24) is 5.32 Å². The van der Waals surface area contributed by atoms with Gasteiger partial charge in [0.1, 0.15) is 5.60 Å². The van der Waals surface area contributed by atoms with E-state index in [1.807, 2.05) is 39.0 Å². The first-order chi connectivity index (χ1) is 8.87. The number of carbonyl (C=O) groups excluding carboxylic acids is 1. The third-order valence-electron chi connectivity index (χ3n) is 3.15. The van der Waals surface area contributed by atoms with E-state index in [1.165, 1.54) is 5.56 Å². The molecule has 1 heterocycles. The average Bonchev–Trinajstić information content (AvgIpc) is 2.23. The van der Waals surface area contributed by atoms with Crippen LogP contribution in [0.4, 0.5) is 10.5 Å². The fourth-order valence-electron chi connectivity index (χ4n) is 1.96. The van der Waals surface area contributed by atoms with Gasteiger partial charge in [-0.3, -0.25) is 4.90 Å². The van der Waals surface area contributed by atoms with E-state index in [0.29, 0.717) is 6.04 Å². The number of hydrogen-bond acceptors (Lipinski definition) is 3. The highest BCUT2D eigenvalue weighted by molar-refractivity contribution is 5.87. The highest BCUT2D eigenvalue weighted by Crippen LogP contribution is 2.26. The van der Waals surface area contributed by atoms with Crippen molar-refractivity contribution < 1.29 is 9.53 Å². The highest BCUT2D eigenvalue weighted by atomic mass is 16.6. The lowest BCUT2D eigenvalue weighted by atomic mass is 9.97. The summed E-state index contributed by atoms with van der Waals surface area (Å²) in [6, 6.07) is 8.45. The summed E-state index contributed by atoms with van der Waals surface area (Å²) < 4.78 is 5.37. The van der Waals surface area contributed by atoms with Gasteiger partial charge >= 0.3 is 6.09 Å². The second-order valence-corrected chi connectivity index (χ2v) is 5.93. The molecule has 1 N–H and O–H groups in total. The van der Waals surface area contributed by atoms with Crippen LogP contribution >= 0.6 is 0 Å². The fraction of sp³-hybridized carbons (Fsp3) is 0.533. The van der Waals surface area contributed by atoms with Gasteiger partial charge in [0.15, 0.2) is 0 Å². The zero-order chi connectivity index (χ0) is 14.0. The summed E-state index contributed by atoms with van der Waals surface area (Å²) in [4.78, 5) is 13.6. The second kappa shape index (κ2) is 5.21. The Morgan fingerprint density at radius 1 is 1.42 bits per heavy atom. The molecule has 1 aromatic carbocycles. The molecule has 0 aromatic heterocycles. The molecule has 0 spiro atoms. The van der Waals surface area contributed by atoms with Gasteiger partial charge in [-0.2, -0.15) is 0 Å². The minimum absolute atomic E-state index is 0.328. The van der Waals surface area contributed by atoms with Crippen molar-refractivity contribution in [2.45, 2.75) is 38.8 Å². The van der Waals surface area contributed by atoms with Crippen molar-refractivity contribution in [3.8, 4) is 0 Å². The first-order valence-corrected chi connectivity index (χ1v) is 6.67. The molecule has 1 atom stereocenters. The Morgan fingerprint density at radius 2 is 2.11 bits per heavy atom. The van der Waals surface area contributed by atoms with Crippen LogP contribution in [0.1, 0.15) is 38.8 Å². The van der Waals surface area contributed by atoms with E-state index >= 15 is 0 Å². The predicted molar refractivity (Wildman–Crippen MR) is 76.4 cm³/mol. The number of anilines is 1. The summed E-state index contributed by atoms with van der Waals surface area (Å²) >= 11 is 0. The predicted octanol–water partition coefficient (Wildman–Crippen LogP) is 3.09. The van der Waals surface area contributed by atoms with E-state index in [-0.39, 0.29) is 6.09 Å². The number of carbonyl (C=O) groups is 1. The van der Waals surface area contributed by atoms with Crippen LogP contribution in [0.3, 0.4) is 0 Å². The molecular weight excluding hydrogens is 240 g/mol. The van der Waals surface area contributed by atoms with Crippen LogP contribution in [0, 0.1) is 0 Å². The first-order valence-electron chi connectivity index (χ1n) is 6.67. The van der Waals surface area contributed by atoms with Gasteiger partial charge in [-0.25, -0.2) is 4.79 Å². The van der Waals surface area contributed by atoms with E-state index in [1.54, 1.807) is 11.9 Å². The normalized spacial score (nSPS) is 18.6. The molecule has 1 saturated heterocycles. The lowest BCUT2D eigenvalue weighted by Gasteiger charge is -2.29. The average molecular weight is 262 g/mol. The van der Waals surface area contributed by atoms with Gasteiger partial charge in [-0.1, -0.05) is 12.1 Å². The maximum Gasteiger partial charge on any atom is 0.414 e. The third-order valence-corrected chi connectivity index (χ3v) is 3.15. The van der Waals surface area contributed by atoms with Crippen molar-refractivity contribution in [3.05, 3.63) is 29.8 Å².